The molecule has 0 aliphatic carbocycles. The molecule has 2 aromatic carbocycles. The van der Waals surface area contributed by atoms with Crippen LogP contribution in [-0.2, 0) is 0 Å². The fourth-order valence-corrected chi connectivity index (χ4v) is 2.32. The zero-order valence-corrected chi connectivity index (χ0v) is 12.1. The van der Waals surface area contributed by atoms with Crippen molar-refractivity contribution >= 4 is 16.7 Å². The van der Waals surface area contributed by atoms with Crippen LogP contribution in [0.3, 0.4) is 0 Å². The van der Waals surface area contributed by atoms with Gasteiger partial charge in [-0.05, 0) is 47.9 Å². The molecule has 1 aromatic heterocycles. The molecular weight excluding hydrogens is 262 g/mol. The van der Waals surface area contributed by atoms with Crippen LogP contribution in [0.5, 0.6) is 0 Å². The zero-order valence-electron chi connectivity index (χ0n) is 12.1. The summed E-state index contributed by atoms with van der Waals surface area (Å²) in [4.78, 5) is 12.2. The van der Waals surface area contributed by atoms with E-state index in [4.69, 9.17) is 10.2 Å². The first kappa shape index (κ1) is 13.4. The van der Waals surface area contributed by atoms with Gasteiger partial charge in [-0.25, -0.2) is 0 Å². The predicted molar refractivity (Wildman–Crippen MR) is 86.4 cm³/mol. The van der Waals surface area contributed by atoms with Gasteiger partial charge in [0.1, 0.15) is 11.3 Å². The Morgan fingerprint density at radius 1 is 1.00 bits per heavy atom. The molecule has 21 heavy (non-hydrogen) atoms. The van der Waals surface area contributed by atoms with Crippen LogP contribution >= 0.6 is 0 Å². The fourth-order valence-electron chi connectivity index (χ4n) is 2.32. The van der Waals surface area contributed by atoms with Gasteiger partial charge in [0.25, 0.3) is 0 Å². The van der Waals surface area contributed by atoms with Gasteiger partial charge >= 0.3 is 0 Å². The molecule has 0 atom stereocenters. The highest BCUT2D eigenvalue weighted by molar-refractivity contribution is 5.79. The minimum Gasteiger partial charge on any atom is -0.456 e. The minimum absolute atomic E-state index is 0.0293. The molecule has 0 saturated heterocycles. The largest absolute Gasteiger partial charge is 0.456 e. The van der Waals surface area contributed by atoms with Crippen LogP contribution < -0.4 is 11.2 Å². The summed E-state index contributed by atoms with van der Waals surface area (Å²) < 4.78 is 5.92. The van der Waals surface area contributed by atoms with Crippen molar-refractivity contribution in [2.24, 2.45) is 0 Å². The highest BCUT2D eigenvalue weighted by Crippen LogP contribution is 2.25. The highest BCUT2D eigenvalue weighted by atomic mass is 16.3. The Morgan fingerprint density at radius 2 is 1.71 bits per heavy atom. The van der Waals surface area contributed by atoms with Crippen molar-refractivity contribution in [1.82, 2.24) is 0 Å². The lowest BCUT2D eigenvalue weighted by molar-refractivity contribution is 0.617. The maximum Gasteiger partial charge on any atom is 0.193 e. The van der Waals surface area contributed by atoms with Gasteiger partial charge in [0, 0.05) is 17.3 Å². The quantitative estimate of drug-likeness (QED) is 0.716. The lowest BCUT2D eigenvalue weighted by atomic mass is 10.0. The van der Waals surface area contributed by atoms with Crippen LogP contribution in [-0.4, -0.2) is 0 Å². The molecule has 0 spiro atoms. The molecule has 1 heterocycles. The van der Waals surface area contributed by atoms with Gasteiger partial charge in [-0.1, -0.05) is 19.9 Å². The summed E-state index contributed by atoms with van der Waals surface area (Å²) in [5.41, 5.74) is 8.96. The van der Waals surface area contributed by atoms with E-state index in [2.05, 4.69) is 13.8 Å². The number of nitrogen functional groups attached to an aromatic ring is 1. The van der Waals surface area contributed by atoms with Crippen LogP contribution in [0.4, 0.5) is 5.69 Å². The molecule has 0 fully saturated rings. The molecule has 0 amide bonds. The first-order valence-electron chi connectivity index (χ1n) is 6.98. The third-order valence-electron chi connectivity index (χ3n) is 3.62. The Hall–Kier alpha value is -2.55. The van der Waals surface area contributed by atoms with Gasteiger partial charge in [-0.15, -0.1) is 0 Å². The highest BCUT2D eigenvalue weighted by Gasteiger charge is 2.09. The van der Waals surface area contributed by atoms with Gasteiger partial charge < -0.3 is 10.2 Å². The molecule has 3 heteroatoms. The second kappa shape index (κ2) is 5.09. The Bertz CT molecular complexity index is 845. The Balaban J connectivity index is 2.21. The third-order valence-corrected chi connectivity index (χ3v) is 3.62. The smallest absolute Gasteiger partial charge is 0.193 e. The Morgan fingerprint density at radius 3 is 2.38 bits per heavy atom. The van der Waals surface area contributed by atoms with Crippen LogP contribution in [0.15, 0.2) is 57.7 Å². The minimum atomic E-state index is -0.0293. The summed E-state index contributed by atoms with van der Waals surface area (Å²) in [5, 5.41) is 0.610. The first-order chi connectivity index (χ1) is 10.0. The number of nitrogens with two attached hydrogens (primary N) is 1. The molecule has 0 aliphatic heterocycles. The SMILES string of the molecule is CC(C)c1ccc2c(=O)cc(-c3ccc(N)cc3)oc2c1. The lowest BCUT2D eigenvalue weighted by Crippen LogP contribution is -2.01. The van der Waals surface area contributed by atoms with Crippen LogP contribution in [0, 0.1) is 0 Å². The molecule has 2 N–H and O–H groups in total. The second-order valence-corrected chi connectivity index (χ2v) is 5.51. The van der Waals surface area contributed by atoms with Crippen molar-refractivity contribution in [2.75, 3.05) is 5.73 Å². The number of rotatable bonds is 2. The molecule has 0 saturated carbocycles. The molecular formula is C18H17NO2. The summed E-state index contributed by atoms with van der Waals surface area (Å²) in [5.74, 6) is 0.952. The summed E-state index contributed by atoms with van der Waals surface area (Å²) in [6.45, 7) is 4.23. The Kier molecular flexibility index (Phi) is 3.26. The zero-order chi connectivity index (χ0) is 15.0. The molecule has 3 aromatic rings. The maximum atomic E-state index is 12.2. The average Bonchev–Trinajstić information content (AvgIpc) is 2.47. The normalized spacial score (nSPS) is 11.2. The van der Waals surface area contributed by atoms with Gasteiger partial charge in [0.2, 0.25) is 0 Å². The fraction of sp³-hybridized carbons (Fsp3) is 0.167. The number of hydrogen-bond acceptors (Lipinski definition) is 3. The van der Waals surface area contributed by atoms with E-state index in [0.717, 1.165) is 11.1 Å². The van der Waals surface area contributed by atoms with Crippen molar-refractivity contribution in [3.8, 4) is 11.3 Å². The predicted octanol–water partition coefficient (Wildman–Crippen LogP) is 4.17. The van der Waals surface area contributed by atoms with Gasteiger partial charge in [-0.3, -0.25) is 4.79 Å². The van der Waals surface area contributed by atoms with Gasteiger partial charge in [0.15, 0.2) is 5.43 Å². The van der Waals surface area contributed by atoms with Crippen LogP contribution in [0.25, 0.3) is 22.3 Å². The van der Waals surface area contributed by atoms with Gasteiger partial charge in [-0.2, -0.15) is 0 Å². The summed E-state index contributed by atoms with van der Waals surface area (Å²) in [6.07, 6.45) is 0. The van der Waals surface area contributed by atoms with Crippen molar-refractivity contribution < 1.29 is 4.42 Å². The number of fused-ring (bicyclic) bond motifs is 1. The van der Waals surface area contributed by atoms with Crippen LogP contribution in [0.2, 0.25) is 0 Å². The van der Waals surface area contributed by atoms with E-state index < -0.39 is 0 Å². The van der Waals surface area contributed by atoms with Crippen molar-refractivity contribution in [3.63, 3.8) is 0 Å². The van der Waals surface area contributed by atoms with Crippen molar-refractivity contribution in [2.45, 2.75) is 19.8 Å². The average molecular weight is 279 g/mol. The number of anilines is 1. The van der Waals surface area contributed by atoms with E-state index in [1.165, 1.54) is 6.07 Å². The summed E-state index contributed by atoms with van der Waals surface area (Å²) >= 11 is 0. The topological polar surface area (TPSA) is 56.2 Å². The van der Waals surface area contributed by atoms with E-state index in [0.29, 0.717) is 28.3 Å². The first-order valence-corrected chi connectivity index (χ1v) is 6.98. The number of benzene rings is 2. The standard InChI is InChI=1S/C18H17NO2/c1-11(2)13-5-8-15-16(20)10-17(21-18(15)9-13)12-3-6-14(19)7-4-12/h3-11H,19H2,1-2H3. The van der Waals surface area contributed by atoms with E-state index in [1.807, 2.05) is 30.3 Å². The van der Waals surface area contributed by atoms with Crippen molar-refractivity contribution in [3.05, 3.63) is 64.3 Å². The number of hydrogen-bond donors (Lipinski definition) is 1. The lowest BCUT2D eigenvalue weighted by Gasteiger charge is -2.08. The van der Waals surface area contributed by atoms with Crippen molar-refractivity contribution in [1.29, 1.82) is 0 Å². The molecule has 3 nitrogen and oxygen atoms in total. The summed E-state index contributed by atoms with van der Waals surface area (Å²) in [7, 11) is 0. The second-order valence-electron chi connectivity index (χ2n) is 5.51. The molecule has 106 valence electrons. The van der Waals surface area contributed by atoms with E-state index in [1.54, 1.807) is 12.1 Å². The third kappa shape index (κ3) is 2.55. The summed E-state index contributed by atoms with van der Waals surface area (Å²) in [6, 6.07) is 14.6. The monoisotopic (exact) mass is 279 g/mol. The molecule has 0 unspecified atom stereocenters. The van der Waals surface area contributed by atoms with E-state index >= 15 is 0 Å². The Labute approximate surface area is 123 Å². The molecule has 0 radical (unpaired) electrons. The molecule has 0 bridgehead atoms. The maximum absolute atomic E-state index is 12.2. The van der Waals surface area contributed by atoms with E-state index in [-0.39, 0.29) is 5.43 Å². The van der Waals surface area contributed by atoms with E-state index in [9.17, 15) is 4.79 Å². The molecule has 0 aliphatic rings. The van der Waals surface area contributed by atoms with Gasteiger partial charge in [0.05, 0.1) is 5.39 Å². The molecule has 3 rings (SSSR count). The van der Waals surface area contributed by atoms with Crippen LogP contribution in [0.1, 0.15) is 25.3 Å².